The number of carbonyl (C=O) groups is 2. The molecule has 0 aliphatic rings. The summed E-state index contributed by atoms with van der Waals surface area (Å²) in [4.78, 5) is 22.1. The van der Waals surface area contributed by atoms with E-state index >= 15 is 0 Å². The Morgan fingerprint density at radius 3 is 2.47 bits per heavy atom. The average molecular weight is 235 g/mol. The predicted octanol–water partition coefficient (Wildman–Crippen LogP) is 3.15. The minimum atomic E-state index is -0.527. The van der Waals surface area contributed by atoms with Gasteiger partial charge in [-0.05, 0) is 51.5 Å². The Morgan fingerprint density at radius 1 is 1.35 bits per heavy atom. The second-order valence-corrected chi connectivity index (χ2v) is 4.82. The molecule has 17 heavy (non-hydrogen) atoms. The molecule has 1 rings (SSSR count). The van der Waals surface area contributed by atoms with Crippen LogP contribution >= 0.6 is 0 Å². The van der Waals surface area contributed by atoms with Gasteiger partial charge in [0.25, 0.3) is 0 Å². The fourth-order valence-electron chi connectivity index (χ4n) is 1.31. The molecule has 1 N–H and O–H groups in total. The van der Waals surface area contributed by atoms with E-state index in [0.717, 1.165) is 11.8 Å². The number of hydrogen-bond acceptors (Lipinski definition) is 3. The van der Waals surface area contributed by atoms with Crippen LogP contribution in [0.15, 0.2) is 18.2 Å². The summed E-state index contributed by atoms with van der Waals surface area (Å²) in [5.41, 5.74) is 1.52. The highest BCUT2D eigenvalue weighted by molar-refractivity contribution is 5.87. The van der Waals surface area contributed by atoms with Crippen molar-refractivity contribution in [2.24, 2.45) is 0 Å². The fraction of sp³-hybridized carbons (Fsp3) is 0.385. The maximum atomic E-state index is 11.5. The first-order valence-electron chi connectivity index (χ1n) is 5.37. The number of anilines is 1. The van der Waals surface area contributed by atoms with Gasteiger partial charge in [0.2, 0.25) is 0 Å². The van der Waals surface area contributed by atoms with Gasteiger partial charge in [-0.1, -0.05) is 0 Å². The van der Waals surface area contributed by atoms with Gasteiger partial charge in [-0.15, -0.1) is 0 Å². The maximum Gasteiger partial charge on any atom is 0.412 e. The zero-order chi connectivity index (χ0) is 13.1. The summed E-state index contributed by atoms with van der Waals surface area (Å²) in [5.74, 6) is 0. The Kier molecular flexibility index (Phi) is 3.89. The largest absolute Gasteiger partial charge is 0.444 e. The molecule has 0 atom stereocenters. The van der Waals surface area contributed by atoms with Crippen molar-refractivity contribution in [1.82, 2.24) is 0 Å². The summed E-state index contributed by atoms with van der Waals surface area (Å²) < 4.78 is 5.13. The molecule has 0 aliphatic heterocycles. The number of benzene rings is 1. The molecule has 0 fully saturated rings. The molecule has 0 aliphatic carbocycles. The Balaban J connectivity index is 2.75. The van der Waals surface area contributed by atoms with E-state index in [-0.39, 0.29) is 0 Å². The van der Waals surface area contributed by atoms with E-state index in [2.05, 4.69) is 5.32 Å². The number of hydrogen-bond donors (Lipinski definition) is 1. The lowest BCUT2D eigenvalue weighted by molar-refractivity contribution is 0.0635. The van der Waals surface area contributed by atoms with Crippen molar-refractivity contribution >= 4 is 18.1 Å². The minimum Gasteiger partial charge on any atom is -0.444 e. The maximum absolute atomic E-state index is 11.5. The van der Waals surface area contributed by atoms with Crippen molar-refractivity contribution in [1.29, 1.82) is 0 Å². The summed E-state index contributed by atoms with van der Waals surface area (Å²) in [6.07, 6.45) is 0.268. The second kappa shape index (κ2) is 4.99. The Morgan fingerprint density at radius 2 is 2.00 bits per heavy atom. The van der Waals surface area contributed by atoms with Crippen molar-refractivity contribution in [2.75, 3.05) is 5.32 Å². The molecule has 0 bridgehead atoms. The van der Waals surface area contributed by atoms with E-state index in [9.17, 15) is 9.59 Å². The smallest absolute Gasteiger partial charge is 0.412 e. The van der Waals surface area contributed by atoms with E-state index in [1.54, 1.807) is 39.0 Å². The zero-order valence-corrected chi connectivity index (χ0v) is 10.5. The van der Waals surface area contributed by atoms with Crippen molar-refractivity contribution in [2.45, 2.75) is 33.3 Å². The highest BCUT2D eigenvalue weighted by atomic mass is 16.6. The minimum absolute atomic E-state index is 0.501. The molecule has 0 aromatic heterocycles. The van der Waals surface area contributed by atoms with Crippen molar-refractivity contribution in [3.63, 3.8) is 0 Å². The van der Waals surface area contributed by atoms with Gasteiger partial charge in [-0.3, -0.25) is 10.1 Å². The Hall–Kier alpha value is -1.84. The number of carbonyl (C=O) groups excluding carboxylic acids is 2. The van der Waals surface area contributed by atoms with Crippen LogP contribution in [0.4, 0.5) is 10.5 Å². The molecule has 1 amide bonds. The summed E-state index contributed by atoms with van der Waals surface area (Å²) >= 11 is 0. The predicted molar refractivity (Wildman–Crippen MR) is 66.4 cm³/mol. The van der Waals surface area contributed by atoms with Crippen LogP contribution in [0.25, 0.3) is 0 Å². The average Bonchev–Trinajstić information content (AvgIpc) is 2.18. The van der Waals surface area contributed by atoms with Crippen LogP contribution in [0.2, 0.25) is 0 Å². The second-order valence-electron chi connectivity index (χ2n) is 4.82. The summed E-state index contributed by atoms with van der Waals surface area (Å²) in [6, 6.07) is 5.04. The quantitative estimate of drug-likeness (QED) is 0.801. The first-order chi connectivity index (χ1) is 7.81. The van der Waals surface area contributed by atoms with Crippen LogP contribution in [0, 0.1) is 6.92 Å². The standard InChI is InChI=1S/C13H17NO3/c1-9-7-10(8-15)5-6-11(9)14-12(16)17-13(2,3)4/h5-8H,1-4H3,(H,14,16). The van der Waals surface area contributed by atoms with Crippen LogP contribution in [0.3, 0.4) is 0 Å². The zero-order valence-electron chi connectivity index (χ0n) is 10.5. The molecule has 1 aromatic rings. The lowest BCUT2D eigenvalue weighted by Crippen LogP contribution is -2.27. The Labute approximate surface area is 101 Å². The highest BCUT2D eigenvalue weighted by Crippen LogP contribution is 2.17. The molecule has 4 heteroatoms. The topological polar surface area (TPSA) is 55.4 Å². The van der Waals surface area contributed by atoms with Gasteiger partial charge in [-0.2, -0.15) is 0 Å². The lowest BCUT2D eigenvalue weighted by atomic mass is 10.1. The molecular weight excluding hydrogens is 218 g/mol. The van der Waals surface area contributed by atoms with Crippen LogP contribution in [0.5, 0.6) is 0 Å². The molecule has 4 nitrogen and oxygen atoms in total. The number of nitrogens with one attached hydrogen (secondary N) is 1. The third-order valence-electron chi connectivity index (χ3n) is 2.02. The molecule has 0 saturated carbocycles. The molecule has 0 saturated heterocycles. The van der Waals surface area contributed by atoms with Crippen molar-refractivity contribution in [3.8, 4) is 0 Å². The molecular formula is C13H17NO3. The number of amides is 1. The van der Waals surface area contributed by atoms with Crippen LogP contribution in [0.1, 0.15) is 36.7 Å². The van der Waals surface area contributed by atoms with Crippen molar-refractivity contribution in [3.05, 3.63) is 29.3 Å². The summed E-state index contributed by atoms with van der Waals surface area (Å²) in [7, 11) is 0. The van der Waals surface area contributed by atoms with Gasteiger partial charge in [0.15, 0.2) is 0 Å². The van der Waals surface area contributed by atoms with Crippen molar-refractivity contribution < 1.29 is 14.3 Å². The third-order valence-corrected chi connectivity index (χ3v) is 2.02. The number of aldehydes is 1. The van der Waals surface area contributed by atoms with Gasteiger partial charge in [0, 0.05) is 11.3 Å². The number of ether oxygens (including phenoxy) is 1. The van der Waals surface area contributed by atoms with Gasteiger partial charge in [0.1, 0.15) is 11.9 Å². The molecule has 0 heterocycles. The lowest BCUT2D eigenvalue weighted by Gasteiger charge is -2.20. The van der Waals surface area contributed by atoms with E-state index in [1.165, 1.54) is 0 Å². The normalized spacial score (nSPS) is 10.8. The van der Waals surface area contributed by atoms with E-state index in [0.29, 0.717) is 11.3 Å². The number of aryl methyl sites for hydroxylation is 1. The third kappa shape index (κ3) is 4.26. The summed E-state index contributed by atoms with van der Waals surface area (Å²) in [6.45, 7) is 7.22. The van der Waals surface area contributed by atoms with Crippen LogP contribution in [-0.2, 0) is 4.74 Å². The molecule has 92 valence electrons. The molecule has 0 spiro atoms. The van der Waals surface area contributed by atoms with E-state index in [1.807, 2.05) is 6.92 Å². The fourth-order valence-corrected chi connectivity index (χ4v) is 1.31. The molecule has 0 unspecified atom stereocenters. The summed E-state index contributed by atoms with van der Waals surface area (Å²) in [5, 5.41) is 2.64. The van der Waals surface area contributed by atoms with Crippen LogP contribution < -0.4 is 5.32 Å². The van der Waals surface area contributed by atoms with Gasteiger partial charge >= 0.3 is 6.09 Å². The molecule has 0 radical (unpaired) electrons. The molecule has 1 aromatic carbocycles. The van der Waals surface area contributed by atoms with Gasteiger partial charge in [0.05, 0.1) is 0 Å². The van der Waals surface area contributed by atoms with Gasteiger partial charge in [-0.25, -0.2) is 4.79 Å². The highest BCUT2D eigenvalue weighted by Gasteiger charge is 2.16. The van der Waals surface area contributed by atoms with E-state index in [4.69, 9.17) is 4.74 Å². The van der Waals surface area contributed by atoms with E-state index < -0.39 is 11.7 Å². The van der Waals surface area contributed by atoms with Crippen LogP contribution in [-0.4, -0.2) is 18.0 Å². The number of rotatable bonds is 2. The monoisotopic (exact) mass is 235 g/mol. The SMILES string of the molecule is Cc1cc(C=O)ccc1NC(=O)OC(C)(C)C. The Bertz CT molecular complexity index is 433. The first-order valence-corrected chi connectivity index (χ1v) is 5.37. The van der Waals surface area contributed by atoms with Gasteiger partial charge < -0.3 is 4.74 Å². The first kappa shape index (κ1) is 13.2.